The topological polar surface area (TPSA) is 83.5 Å². The standard InChI is InChI=1S/C13H14FN7/c1-20-12(17-10(7-15)19-20)11-9(14)8-16-13(18-11)21-5-3-2-4-6-21/h8H,2-6H2,1H3. The summed E-state index contributed by atoms with van der Waals surface area (Å²) in [6.45, 7) is 1.74. The van der Waals surface area contributed by atoms with Crippen LogP contribution in [0.4, 0.5) is 10.3 Å². The smallest absolute Gasteiger partial charge is 0.252 e. The van der Waals surface area contributed by atoms with E-state index < -0.39 is 5.82 Å². The summed E-state index contributed by atoms with van der Waals surface area (Å²) < 4.78 is 15.4. The lowest BCUT2D eigenvalue weighted by atomic mass is 10.1. The molecule has 0 amide bonds. The second-order valence-electron chi connectivity index (χ2n) is 4.91. The second-order valence-corrected chi connectivity index (χ2v) is 4.91. The highest BCUT2D eigenvalue weighted by atomic mass is 19.1. The molecule has 0 bridgehead atoms. The molecule has 2 aromatic rings. The van der Waals surface area contributed by atoms with Gasteiger partial charge in [0, 0.05) is 20.1 Å². The molecule has 1 fully saturated rings. The number of piperidine rings is 1. The van der Waals surface area contributed by atoms with Gasteiger partial charge in [-0.1, -0.05) is 0 Å². The van der Waals surface area contributed by atoms with E-state index in [1.807, 2.05) is 11.0 Å². The van der Waals surface area contributed by atoms with E-state index in [1.165, 1.54) is 11.1 Å². The Labute approximate surface area is 121 Å². The molecule has 0 saturated carbocycles. The maximum Gasteiger partial charge on any atom is 0.252 e. The van der Waals surface area contributed by atoms with Gasteiger partial charge in [-0.2, -0.15) is 10.2 Å². The number of aromatic nitrogens is 5. The number of halogens is 1. The summed E-state index contributed by atoms with van der Waals surface area (Å²) in [6.07, 6.45) is 4.50. The quantitative estimate of drug-likeness (QED) is 0.827. The van der Waals surface area contributed by atoms with Crippen LogP contribution in [0.25, 0.3) is 11.5 Å². The molecule has 3 rings (SSSR count). The Kier molecular flexibility index (Phi) is 3.48. The van der Waals surface area contributed by atoms with Crippen LogP contribution in [-0.4, -0.2) is 37.8 Å². The lowest BCUT2D eigenvalue weighted by Gasteiger charge is -2.26. The molecule has 0 N–H and O–H groups in total. The molecule has 0 aliphatic carbocycles. The third-order valence-electron chi connectivity index (χ3n) is 3.45. The first-order valence-corrected chi connectivity index (χ1v) is 6.78. The van der Waals surface area contributed by atoms with Crippen molar-refractivity contribution in [1.82, 2.24) is 24.7 Å². The number of hydrogen-bond donors (Lipinski definition) is 0. The molecule has 0 radical (unpaired) electrons. The van der Waals surface area contributed by atoms with Crippen molar-refractivity contribution in [3.63, 3.8) is 0 Å². The van der Waals surface area contributed by atoms with Crippen LogP contribution in [-0.2, 0) is 7.05 Å². The van der Waals surface area contributed by atoms with Crippen molar-refractivity contribution in [3.8, 4) is 17.6 Å². The Morgan fingerprint density at radius 2 is 2.00 bits per heavy atom. The largest absolute Gasteiger partial charge is 0.341 e. The van der Waals surface area contributed by atoms with E-state index in [4.69, 9.17) is 5.26 Å². The van der Waals surface area contributed by atoms with E-state index in [0.717, 1.165) is 32.1 Å². The van der Waals surface area contributed by atoms with E-state index in [2.05, 4.69) is 20.1 Å². The molecule has 8 heteroatoms. The predicted octanol–water partition coefficient (Wildman–Crippen LogP) is 1.27. The van der Waals surface area contributed by atoms with E-state index in [-0.39, 0.29) is 17.3 Å². The van der Waals surface area contributed by atoms with Gasteiger partial charge in [0.25, 0.3) is 5.82 Å². The monoisotopic (exact) mass is 287 g/mol. The first kappa shape index (κ1) is 13.4. The average molecular weight is 287 g/mol. The van der Waals surface area contributed by atoms with Crippen LogP contribution in [0.15, 0.2) is 6.20 Å². The number of nitriles is 1. The summed E-state index contributed by atoms with van der Waals surface area (Å²) >= 11 is 0. The van der Waals surface area contributed by atoms with Gasteiger partial charge in [0.15, 0.2) is 11.6 Å². The SMILES string of the molecule is Cn1nc(C#N)nc1-c1nc(N2CCCCC2)ncc1F. The Morgan fingerprint density at radius 1 is 1.24 bits per heavy atom. The van der Waals surface area contributed by atoms with Crippen molar-refractivity contribution in [1.29, 1.82) is 5.26 Å². The van der Waals surface area contributed by atoms with Gasteiger partial charge < -0.3 is 4.90 Å². The lowest BCUT2D eigenvalue weighted by molar-refractivity contribution is 0.562. The number of anilines is 1. The highest BCUT2D eigenvalue weighted by Crippen LogP contribution is 2.22. The molecule has 0 atom stereocenters. The number of aryl methyl sites for hydroxylation is 1. The minimum Gasteiger partial charge on any atom is -0.341 e. The zero-order valence-corrected chi connectivity index (χ0v) is 11.6. The van der Waals surface area contributed by atoms with Gasteiger partial charge in [0.2, 0.25) is 5.95 Å². The predicted molar refractivity (Wildman–Crippen MR) is 72.8 cm³/mol. The Hall–Kier alpha value is -2.56. The van der Waals surface area contributed by atoms with Gasteiger partial charge in [-0.15, -0.1) is 5.10 Å². The van der Waals surface area contributed by atoms with Crippen LogP contribution < -0.4 is 4.90 Å². The van der Waals surface area contributed by atoms with Crippen molar-refractivity contribution in [2.45, 2.75) is 19.3 Å². The van der Waals surface area contributed by atoms with Crippen molar-refractivity contribution in [2.24, 2.45) is 7.05 Å². The summed E-state index contributed by atoms with van der Waals surface area (Å²) in [5.74, 6) is 0.137. The fourth-order valence-corrected chi connectivity index (χ4v) is 2.40. The summed E-state index contributed by atoms with van der Waals surface area (Å²) in [4.78, 5) is 14.4. The van der Waals surface area contributed by atoms with Crippen molar-refractivity contribution < 1.29 is 4.39 Å². The zero-order chi connectivity index (χ0) is 14.8. The molecule has 21 heavy (non-hydrogen) atoms. The van der Waals surface area contributed by atoms with Crippen LogP contribution >= 0.6 is 0 Å². The highest BCUT2D eigenvalue weighted by Gasteiger charge is 2.20. The van der Waals surface area contributed by atoms with Gasteiger partial charge in [-0.3, -0.25) is 0 Å². The number of rotatable bonds is 2. The Balaban J connectivity index is 2.01. The molecule has 2 aromatic heterocycles. The third-order valence-corrected chi connectivity index (χ3v) is 3.45. The summed E-state index contributed by atoms with van der Waals surface area (Å²) in [5, 5.41) is 12.7. The fraction of sp³-hybridized carbons (Fsp3) is 0.462. The first-order chi connectivity index (χ1) is 10.2. The van der Waals surface area contributed by atoms with E-state index in [1.54, 1.807) is 7.05 Å². The summed E-state index contributed by atoms with van der Waals surface area (Å²) in [7, 11) is 1.60. The van der Waals surface area contributed by atoms with Crippen LogP contribution in [0, 0.1) is 17.1 Å². The van der Waals surface area contributed by atoms with Crippen molar-refractivity contribution in [2.75, 3.05) is 18.0 Å². The minimum atomic E-state index is -0.573. The second kappa shape index (κ2) is 5.44. The van der Waals surface area contributed by atoms with Gasteiger partial charge >= 0.3 is 0 Å². The van der Waals surface area contributed by atoms with Crippen LogP contribution in [0.5, 0.6) is 0 Å². The normalized spacial score (nSPS) is 15.0. The van der Waals surface area contributed by atoms with Gasteiger partial charge in [-0.05, 0) is 19.3 Å². The van der Waals surface area contributed by atoms with Gasteiger partial charge in [-0.25, -0.2) is 19.0 Å². The van der Waals surface area contributed by atoms with Crippen molar-refractivity contribution >= 4 is 5.95 Å². The molecular formula is C13H14FN7. The van der Waals surface area contributed by atoms with Gasteiger partial charge in [0.1, 0.15) is 11.8 Å². The fourth-order valence-electron chi connectivity index (χ4n) is 2.40. The Bertz CT molecular complexity index is 697. The molecule has 108 valence electrons. The van der Waals surface area contributed by atoms with Crippen LogP contribution in [0.1, 0.15) is 25.1 Å². The maximum absolute atomic E-state index is 14.0. The molecular weight excluding hydrogens is 273 g/mol. The van der Waals surface area contributed by atoms with Crippen LogP contribution in [0.2, 0.25) is 0 Å². The van der Waals surface area contributed by atoms with E-state index in [9.17, 15) is 4.39 Å². The average Bonchev–Trinajstić information content (AvgIpc) is 2.90. The van der Waals surface area contributed by atoms with E-state index >= 15 is 0 Å². The molecule has 1 aliphatic rings. The molecule has 0 spiro atoms. The van der Waals surface area contributed by atoms with Gasteiger partial charge in [0.05, 0.1) is 6.20 Å². The van der Waals surface area contributed by atoms with Crippen molar-refractivity contribution in [3.05, 3.63) is 17.8 Å². The van der Waals surface area contributed by atoms with E-state index in [0.29, 0.717) is 5.95 Å². The third kappa shape index (κ3) is 2.54. The lowest BCUT2D eigenvalue weighted by Crippen LogP contribution is -2.31. The molecule has 7 nitrogen and oxygen atoms in total. The highest BCUT2D eigenvalue weighted by molar-refractivity contribution is 5.53. The molecule has 0 unspecified atom stereocenters. The molecule has 0 aromatic carbocycles. The van der Waals surface area contributed by atoms with Crippen LogP contribution in [0.3, 0.4) is 0 Å². The maximum atomic E-state index is 14.0. The zero-order valence-electron chi connectivity index (χ0n) is 11.6. The first-order valence-electron chi connectivity index (χ1n) is 6.78. The summed E-state index contributed by atoms with van der Waals surface area (Å²) in [5.41, 5.74) is 0.0714. The Morgan fingerprint density at radius 3 is 2.67 bits per heavy atom. The molecule has 3 heterocycles. The molecule has 1 aliphatic heterocycles. The minimum absolute atomic E-state index is 0.00923. The number of hydrogen-bond acceptors (Lipinski definition) is 6. The number of nitrogens with zero attached hydrogens (tertiary/aromatic N) is 7. The summed E-state index contributed by atoms with van der Waals surface area (Å²) in [6, 6.07) is 1.84. The molecule has 1 saturated heterocycles.